The van der Waals surface area contributed by atoms with Crippen molar-refractivity contribution >= 4 is 12.1 Å². The highest BCUT2D eigenvalue weighted by Crippen LogP contribution is 2.28. The zero-order valence-electron chi connectivity index (χ0n) is 17.1. The Morgan fingerprint density at radius 3 is 2.57 bits per heavy atom. The molecule has 0 unspecified atom stereocenters. The van der Waals surface area contributed by atoms with E-state index in [0.717, 1.165) is 22.4 Å². The van der Waals surface area contributed by atoms with Crippen molar-refractivity contribution in [3.63, 3.8) is 0 Å². The van der Waals surface area contributed by atoms with Crippen LogP contribution in [0, 0.1) is 6.92 Å². The fourth-order valence-corrected chi connectivity index (χ4v) is 2.64. The molecule has 28 heavy (non-hydrogen) atoms. The minimum absolute atomic E-state index is 0.104. The minimum atomic E-state index is -0.328. The molecule has 1 amide bonds. The summed E-state index contributed by atoms with van der Waals surface area (Å²) in [7, 11) is 1.59. The van der Waals surface area contributed by atoms with E-state index < -0.39 is 0 Å². The van der Waals surface area contributed by atoms with E-state index in [9.17, 15) is 4.79 Å². The lowest BCUT2D eigenvalue weighted by atomic mass is 10.0. The van der Waals surface area contributed by atoms with Gasteiger partial charge >= 0.3 is 0 Å². The Hall–Kier alpha value is -3.02. The van der Waals surface area contributed by atoms with Crippen LogP contribution in [0.2, 0.25) is 0 Å². The normalized spacial score (nSPS) is 10.9. The number of ether oxygens (including phenoxy) is 3. The minimum Gasteiger partial charge on any atom is -0.493 e. The molecular formula is C22H28N2O4. The zero-order chi connectivity index (χ0) is 20.5. The fraction of sp³-hybridized carbons (Fsp3) is 0.364. The number of methoxy groups -OCH3 is 1. The highest BCUT2D eigenvalue weighted by atomic mass is 16.5. The van der Waals surface area contributed by atoms with Crippen molar-refractivity contribution < 1.29 is 19.0 Å². The Morgan fingerprint density at radius 1 is 1.11 bits per heavy atom. The van der Waals surface area contributed by atoms with Crippen LogP contribution in [0.5, 0.6) is 17.2 Å². The highest BCUT2D eigenvalue weighted by molar-refractivity contribution is 5.83. The van der Waals surface area contributed by atoms with Crippen molar-refractivity contribution in [3.05, 3.63) is 53.1 Å². The second-order valence-corrected chi connectivity index (χ2v) is 6.62. The van der Waals surface area contributed by atoms with Gasteiger partial charge < -0.3 is 14.2 Å². The molecule has 2 aromatic rings. The summed E-state index contributed by atoms with van der Waals surface area (Å²) in [5.74, 6) is 1.99. The number of hydrazone groups is 1. The van der Waals surface area contributed by atoms with Crippen molar-refractivity contribution in [3.8, 4) is 17.2 Å². The smallest absolute Gasteiger partial charge is 0.277 e. The van der Waals surface area contributed by atoms with Crippen molar-refractivity contribution in [1.82, 2.24) is 5.43 Å². The summed E-state index contributed by atoms with van der Waals surface area (Å²) in [5, 5.41) is 3.98. The summed E-state index contributed by atoms with van der Waals surface area (Å²) in [4.78, 5) is 12.0. The number of carbonyl (C=O) groups is 1. The number of benzene rings is 2. The maximum Gasteiger partial charge on any atom is 0.277 e. The van der Waals surface area contributed by atoms with Gasteiger partial charge in [-0.15, -0.1) is 0 Å². The van der Waals surface area contributed by atoms with Gasteiger partial charge in [-0.3, -0.25) is 4.79 Å². The SMILES string of the molecule is CCOc1cc(/C=N\NC(=O)COc2cc(C)ccc2C(C)C)ccc1OC. The first-order valence-corrected chi connectivity index (χ1v) is 9.30. The maximum absolute atomic E-state index is 12.0. The van der Waals surface area contributed by atoms with Gasteiger partial charge in [0.15, 0.2) is 18.1 Å². The Bertz CT molecular complexity index is 831. The Morgan fingerprint density at radius 2 is 1.89 bits per heavy atom. The summed E-state index contributed by atoms with van der Waals surface area (Å²) in [6.45, 7) is 8.50. The van der Waals surface area contributed by atoms with Crippen LogP contribution >= 0.6 is 0 Å². The van der Waals surface area contributed by atoms with Gasteiger partial charge in [0, 0.05) is 0 Å². The third-order valence-electron chi connectivity index (χ3n) is 4.04. The molecule has 0 fully saturated rings. The molecule has 6 heteroatoms. The lowest BCUT2D eigenvalue weighted by Gasteiger charge is -2.14. The second kappa shape index (κ2) is 10.3. The molecule has 0 aromatic heterocycles. The molecule has 2 aromatic carbocycles. The van der Waals surface area contributed by atoms with Gasteiger partial charge in [0.05, 0.1) is 19.9 Å². The predicted octanol–water partition coefficient (Wildman–Crippen LogP) is 4.05. The average Bonchev–Trinajstić information content (AvgIpc) is 2.66. The van der Waals surface area contributed by atoms with Crippen molar-refractivity contribution in [2.75, 3.05) is 20.3 Å². The second-order valence-electron chi connectivity index (χ2n) is 6.62. The molecule has 2 rings (SSSR count). The molecule has 0 saturated carbocycles. The largest absolute Gasteiger partial charge is 0.493 e. The molecule has 150 valence electrons. The molecule has 0 spiro atoms. The lowest BCUT2D eigenvalue weighted by Crippen LogP contribution is -2.25. The number of hydrogen-bond acceptors (Lipinski definition) is 5. The van der Waals surface area contributed by atoms with Gasteiger partial charge in [0.25, 0.3) is 5.91 Å². The van der Waals surface area contributed by atoms with Crippen LogP contribution in [0.4, 0.5) is 0 Å². The van der Waals surface area contributed by atoms with E-state index in [1.54, 1.807) is 25.5 Å². The predicted molar refractivity (Wildman–Crippen MR) is 111 cm³/mol. The number of amides is 1. The molecular weight excluding hydrogens is 356 g/mol. The highest BCUT2D eigenvalue weighted by Gasteiger charge is 2.10. The van der Waals surface area contributed by atoms with Crippen LogP contribution in [0.1, 0.15) is 43.4 Å². The number of carbonyl (C=O) groups excluding carboxylic acids is 1. The van der Waals surface area contributed by atoms with E-state index >= 15 is 0 Å². The van der Waals surface area contributed by atoms with Gasteiger partial charge in [-0.25, -0.2) is 5.43 Å². The molecule has 0 saturated heterocycles. The number of aryl methyl sites for hydroxylation is 1. The fourth-order valence-electron chi connectivity index (χ4n) is 2.64. The van der Waals surface area contributed by atoms with Gasteiger partial charge in [-0.2, -0.15) is 5.10 Å². The van der Waals surface area contributed by atoms with Crippen LogP contribution in [0.15, 0.2) is 41.5 Å². The summed E-state index contributed by atoms with van der Waals surface area (Å²) < 4.78 is 16.5. The summed E-state index contributed by atoms with van der Waals surface area (Å²) >= 11 is 0. The molecule has 0 atom stereocenters. The summed E-state index contributed by atoms with van der Waals surface area (Å²) in [5.41, 5.74) is 5.42. The van der Waals surface area contributed by atoms with Crippen LogP contribution in [-0.2, 0) is 4.79 Å². The molecule has 1 N–H and O–H groups in total. The topological polar surface area (TPSA) is 69.2 Å². The molecule has 0 heterocycles. The molecule has 0 radical (unpaired) electrons. The van der Waals surface area contributed by atoms with Crippen LogP contribution in [-0.4, -0.2) is 32.4 Å². The van der Waals surface area contributed by atoms with E-state index in [1.807, 2.05) is 38.1 Å². The quantitative estimate of drug-likeness (QED) is 0.523. The molecule has 6 nitrogen and oxygen atoms in total. The molecule has 0 aliphatic carbocycles. The molecule has 0 aliphatic rings. The van der Waals surface area contributed by atoms with E-state index in [2.05, 4.69) is 24.4 Å². The molecule has 0 bridgehead atoms. The summed E-state index contributed by atoms with van der Waals surface area (Å²) in [6.07, 6.45) is 1.55. The van der Waals surface area contributed by atoms with Gasteiger partial charge in [0.2, 0.25) is 0 Å². The van der Waals surface area contributed by atoms with Gasteiger partial charge in [-0.1, -0.05) is 26.0 Å². The van der Waals surface area contributed by atoms with Crippen molar-refractivity contribution in [2.45, 2.75) is 33.6 Å². The lowest BCUT2D eigenvalue weighted by molar-refractivity contribution is -0.123. The number of nitrogens with one attached hydrogen (secondary N) is 1. The standard InChI is InChI=1S/C22H28N2O4/c1-6-27-21-12-17(8-10-19(21)26-5)13-23-24-22(25)14-28-20-11-16(4)7-9-18(20)15(2)3/h7-13,15H,6,14H2,1-5H3,(H,24,25)/b23-13-. The summed E-state index contributed by atoms with van der Waals surface area (Å²) in [6, 6.07) is 11.4. The first-order valence-electron chi connectivity index (χ1n) is 9.30. The van der Waals surface area contributed by atoms with Gasteiger partial charge in [0.1, 0.15) is 5.75 Å². The van der Waals surface area contributed by atoms with Crippen LogP contribution in [0.25, 0.3) is 0 Å². The number of rotatable bonds is 9. The first kappa shape index (κ1) is 21.3. The van der Waals surface area contributed by atoms with E-state index in [4.69, 9.17) is 14.2 Å². The third kappa shape index (κ3) is 6.01. The molecule has 0 aliphatic heterocycles. The number of hydrogen-bond donors (Lipinski definition) is 1. The third-order valence-corrected chi connectivity index (χ3v) is 4.04. The number of nitrogens with zero attached hydrogens (tertiary/aromatic N) is 1. The zero-order valence-corrected chi connectivity index (χ0v) is 17.1. The van der Waals surface area contributed by atoms with E-state index in [0.29, 0.717) is 24.0 Å². The monoisotopic (exact) mass is 384 g/mol. The van der Waals surface area contributed by atoms with E-state index in [-0.39, 0.29) is 12.5 Å². The van der Waals surface area contributed by atoms with Crippen molar-refractivity contribution in [1.29, 1.82) is 0 Å². The van der Waals surface area contributed by atoms with E-state index in [1.165, 1.54) is 0 Å². The maximum atomic E-state index is 12.0. The Labute approximate surface area is 166 Å². The van der Waals surface area contributed by atoms with Crippen LogP contribution < -0.4 is 19.6 Å². The van der Waals surface area contributed by atoms with Gasteiger partial charge in [-0.05, 0) is 60.7 Å². The van der Waals surface area contributed by atoms with Crippen molar-refractivity contribution in [2.24, 2.45) is 5.10 Å². The Kier molecular flexibility index (Phi) is 7.87. The average molecular weight is 384 g/mol. The van der Waals surface area contributed by atoms with Crippen LogP contribution in [0.3, 0.4) is 0 Å². The first-order chi connectivity index (χ1) is 13.4. The Balaban J connectivity index is 1.94.